The van der Waals surface area contributed by atoms with E-state index in [1.54, 1.807) is 121 Å². The van der Waals surface area contributed by atoms with Crippen LogP contribution in [0.4, 0.5) is 0 Å². The monoisotopic (exact) mass is 1490 g/mol. The summed E-state index contributed by atoms with van der Waals surface area (Å²) in [6.45, 7) is 0. The zero-order valence-corrected chi connectivity index (χ0v) is 57.1. The molecule has 8 aromatic carbocycles. The minimum Gasteiger partial charge on any atom is -0.412 e. The molecule has 0 amide bonds. The number of nitrogens with zero attached hydrogens (tertiary/aromatic N) is 4. The molecule has 14 rings (SSSR count). The lowest BCUT2D eigenvalue weighted by molar-refractivity contribution is -0.177. The lowest BCUT2D eigenvalue weighted by atomic mass is 9.60. The second-order valence-electron chi connectivity index (χ2n) is 22.5. The first-order valence-electron chi connectivity index (χ1n) is 28.3. The molecular weight excluding hydrogens is 1440 g/mol. The van der Waals surface area contributed by atoms with Crippen molar-refractivity contribution < 1.29 is 45.4 Å². The van der Waals surface area contributed by atoms with Crippen molar-refractivity contribution >= 4 is 174 Å². The molecule has 0 saturated heterocycles. The maximum absolute atomic E-state index is 15.4. The van der Waals surface area contributed by atoms with Crippen LogP contribution in [-0.2, 0) is 28.9 Å². The fraction of sp³-hybridized carbons (Fsp3) is 0.206. The van der Waals surface area contributed by atoms with Crippen molar-refractivity contribution in [3.8, 4) is 0 Å². The molecule has 2 fully saturated rings. The Balaban J connectivity index is 0.000000197. The standard InChI is InChI=1S/2C34H22Cl6N2O3.3H2O/c2*35-20-12-8-18(9-13-20)28-30(26-22(37)4-1-5-23(26)38)41-44-33(28)16-3-17-34(32(33)43)29(19-10-14-21(36)15-11-19)31(42-45-34)27-24(39)6-2-7-25(27)40;;;/h2*1-2,4-15,28-29H,3,16-17H2;3*1H2/t2*28-,29-,33-,34-;;;/m10.../s1. The summed E-state index contributed by atoms with van der Waals surface area (Å²) in [5.74, 6) is -3.41. The first kappa shape index (κ1) is 70.1. The fourth-order valence-corrected chi connectivity index (χ4v) is 16.6. The van der Waals surface area contributed by atoms with Gasteiger partial charge in [-0.25, -0.2) is 0 Å². The van der Waals surface area contributed by atoms with E-state index >= 15 is 9.59 Å². The van der Waals surface area contributed by atoms with E-state index in [1.807, 2.05) is 48.5 Å². The zero-order chi connectivity index (χ0) is 63.0. The maximum atomic E-state index is 15.4. The van der Waals surface area contributed by atoms with Gasteiger partial charge in [0.25, 0.3) is 0 Å². The van der Waals surface area contributed by atoms with Crippen molar-refractivity contribution in [2.75, 3.05) is 0 Å². The van der Waals surface area contributed by atoms with Crippen molar-refractivity contribution in [3.63, 3.8) is 0 Å². The molecule has 0 bridgehead atoms. The normalized spacial score (nSPS) is 24.9. The third-order valence-electron chi connectivity index (χ3n) is 17.6. The SMILES string of the molecule is O.O.O.O=C1[C@@]2(CCC[C@@]13ON=C(c1c(Cl)cccc1Cl)[C@@H]3c1ccc(Cl)cc1)ON=C(c1c(Cl)cccc1Cl)[C@@H]2c1ccc(Cl)cc1.O=C1[C@]2(CCC[C@]13ON=C(c1c(Cl)cccc1Cl)[C@H]3c1ccc(Cl)cc1)ON=C(c1c(Cl)cccc1Cl)[C@H]2c1ccc(Cl)cc1. The Kier molecular flexibility index (Phi) is 21.0. The van der Waals surface area contributed by atoms with Crippen LogP contribution in [0.1, 0.15) is 107 Å². The van der Waals surface area contributed by atoms with E-state index in [-0.39, 0.29) is 28.0 Å². The third-order valence-corrected chi connectivity index (χ3v) is 21.1. The minimum absolute atomic E-state index is 0. The van der Waals surface area contributed by atoms with E-state index in [4.69, 9.17) is 159 Å². The summed E-state index contributed by atoms with van der Waals surface area (Å²) in [7, 11) is 0. The van der Waals surface area contributed by atoms with Gasteiger partial charge in [0, 0.05) is 42.3 Å². The molecule has 480 valence electrons. The van der Waals surface area contributed by atoms with Gasteiger partial charge in [-0.1, -0.05) is 233 Å². The van der Waals surface area contributed by atoms with E-state index in [9.17, 15) is 0 Å². The number of carbonyl (C=O) groups excluding carboxylic acids is 2. The lowest BCUT2D eigenvalue weighted by Gasteiger charge is -2.44. The molecule has 4 aliphatic heterocycles. The van der Waals surface area contributed by atoms with Crippen molar-refractivity contribution in [1.29, 1.82) is 0 Å². The van der Waals surface area contributed by atoms with E-state index in [0.29, 0.717) is 144 Å². The summed E-state index contributed by atoms with van der Waals surface area (Å²) < 4.78 is 0. The van der Waals surface area contributed by atoms with E-state index in [0.717, 1.165) is 22.3 Å². The van der Waals surface area contributed by atoms with Gasteiger partial charge in [-0.3, -0.25) is 9.59 Å². The molecule has 93 heavy (non-hydrogen) atoms. The first-order valence-corrected chi connectivity index (χ1v) is 32.8. The van der Waals surface area contributed by atoms with Crippen LogP contribution in [0.5, 0.6) is 0 Å². The minimum atomic E-state index is -1.48. The highest BCUT2D eigenvalue weighted by atomic mass is 35.5. The predicted molar refractivity (Wildman–Crippen MR) is 373 cm³/mol. The van der Waals surface area contributed by atoms with E-state index in [1.165, 1.54) is 0 Å². The van der Waals surface area contributed by atoms with Gasteiger partial charge in [-0.05, 0) is 158 Å². The number of halogens is 12. The molecule has 25 heteroatoms. The summed E-state index contributed by atoms with van der Waals surface area (Å²) in [5.41, 5.74) is 0.828. The van der Waals surface area contributed by atoms with Crippen molar-refractivity contribution in [2.24, 2.45) is 20.6 Å². The average molecular weight is 1490 g/mol. The molecule has 8 atom stereocenters. The van der Waals surface area contributed by atoms with Crippen molar-refractivity contribution in [1.82, 2.24) is 0 Å². The summed E-state index contributed by atoms with van der Waals surface area (Å²) in [5, 5.41) is 23.4. The number of carbonyl (C=O) groups is 2. The molecule has 4 heterocycles. The molecule has 6 N–H and O–H groups in total. The van der Waals surface area contributed by atoms with Crippen LogP contribution in [0.15, 0.2) is 190 Å². The van der Waals surface area contributed by atoms with Gasteiger partial charge < -0.3 is 35.8 Å². The van der Waals surface area contributed by atoms with Gasteiger partial charge in [0.15, 0.2) is 0 Å². The van der Waals surface area contributed by atoms with Crippen LogP contribution in [-0.4, -0.2) is 73.2 Å². The molecule has 4 spiro atoms. The van der Waals surface area contributed by atoms with Gasteiger partial charge >= 0.3 is 0 Å². The van der Waals surface area contributed by atoms with Gasteiger partial charge in [0.05, 0.1) is 63.9 Å². The Labute approximate surface area is 593 Å². The predicted octanol–water partition coefficient (Wildman–Crippen LogP) is 18.7. The van der Waals surface area contributed by atoms with Gasteiger partial charge in [-0.15, -0.1) is 0 Å². The van der Waals surface area contributed by atoms with E-state index < -0.39 is 46.1 Å². The zero-order valence-electron chi connectivity index (χ0n) is 48.0. The van der Waals surface area contributed by atoms with Crippen LogP contribution in [0, 0.1) is 0 Å². The molecule has 13 nitrogen and oxygen atoms in total. The van der Waals surface area contributed by atoms with Gasteiger partial charge in [-0.2, -0.15) is 0 Å². The molecule has 2 saturated carbocycles. The molecule has 8 aromatic rings. The highest BCUT2D eigenvalue weighted by Gasteiger charge is 2.71. The Hall–Kier alpha value is -5.66. The largest absolute Gasteiger partial charge is 0.412 e. The molecule has 0 unspecified atom stereocenters. The number of benzene rings is 8. The number of Topliss-reactive ketones (excluding diaryl/α,β-unsaturated/α-hetero) is 2. The summed E-state index contributed by atoms with van der Waals surface area (Å²) in [6, 6.07) is 49.8. The Morgan fingerprint density at radius 2 is 0.452 bits per heavy atom. The number of oxime groups is 4. The molecule has 6 aliphatic rings. The maximum Gasteiger partial charge on any atom is 0.227 e. The molecule has 0 aromatic heterocycles. The first-order chi connectivity index (χ1) is 43.3. The molecule has 2 aliphatic carbocycles. The van der Waals surface area contributed by atoms with Gasteiger partial charge in [0.2, 0.25) is 34.0 Å². The van der Waals surface area contributed by atoms with Crippen LogP contribution in [0.2, 0.25) is 60.3 Å². The topological polar surface area (TPSA) is 215 Å². The Bertz CT molecular complexity index is 3730. The van der Waals surface area contributed by atoms with Crippen LogP contribution in [0.3, 0.4) is 0 Å². The highest BCUT2D eigenvalue weighted by molar-refractivity contribution is 6.44. The number of hydrogen-bond acceptors (Lipinski definition) is 10. The van der Waals surface area contributed by atoms with Crippen molar-refractivity contribution in [2.45, 2.75) is 84.6 Å². The van der Waals surface area contributed by atoms with Crippen LogP contribution >= 0.6 is 139 Å². The number of rotatable bonds is 8. The summed E-state index contributed by atoms with van der Waals surface area (Å²) in [4.78, 5) is 56.1. The second kappa shape index (κ2) is 27.8. The van der Waals surface area contributed by atoms with Crippen molar-refractivity contribution in [3.05, 3.63) is 275 Å². The summed E-state index contributed by atoms with van der Waals surface area (Å²) in [6.07, 6.45) is 2.53. The van der Waals surface area contributed by atoms with Crippen LogP contribution in [0.25, 0.3) is 0 Å². The average Bonchev–Trinajstić information content (AvgIpc) is 1.59. The molecular formula is C68H50Cl12N4O9. The fourth-order valence-electron chi connectivity index (χ4n) is 13.7. The van der Waals surface area contributed by atoms with E-state index in [2.05, 4.69) is 20.6 Å². The molecule has 0 radical (unpaired) electrons. The quantitative estimate of drug-likeness (QED) is 0.144. The number of hydrogen-bond donors (Lipinski definition) is 0. The highest BCUT2D eigenvalue weighted by Crippen LogP contribution is 2.59. The lowest BCUT2D eigenvalue weighted by Crippen LogP contribution is -2.61. The van der Waals surface area contributed by atoms with Crippen LogP contribution < -0.4 is 0 Å². The second-order valence-corrected chi connectivity index (χ2v) is 27.5. The summed E-state index contributed by atoms with van der Waals surface area (Å²) >= 11 is 78.7. The smallest absolute Gasteiger partial charge is 0.227 e. The Morgan fingerprint density at radius 3 is 0.624 bits per heavy atom. The Morgan fingerprint density at radius 1 is 0.280 bits per heavy atom. The third kappa shape index (κ3) is 12.0. The van der Waals surface area contributed by atoms with Gasteiger partial charge in [0.1, 0.15) is 22.8 Å². The number of ketones is 2.